The number of rotatable bonds is 7. The second-order valence-electron chi connectivity index (χ2n) is 6.55. The predicted octanol–water partition coefficient (Wildman–Crippen LogP) is 0.316. The summed E-state index contributed by atoms with van der Waals surface area (Å²) < 4.78 is 7.20. The van der Waals surface area contributed by atoms with Crippen molar-refractivity contribution in [3.05, 3.63) is 12.2 Å². The van der Waals surface area contributed by atoms with Gasteiger partial charge in [0.15, 0.2) is 17.7 Å². The number of fused-ring (bicyclic) bond motifs is 1. The molecule has 0 saturated carbocycles. The summed E-state index contributed by atoms with van der Waals surface area (Å²) in [6.45, 7) is 1.61. The topological polar surface area (TPSA) is 157 Å². The van der Waals surface area contributed by atoms with Gasteiger partial charge < -0.3 is 25.8 Å². The minimum Gasteiger partial charge on any atom is -0.481 e. The summed E-state index contributed by atoms with van der Waals surface area (Å²) in [6, 6.07) is 0. The van der Waals surface area contributed by atoms with Crippen molar-refractivity contribution >= 4 is 35.6 Å². The van der Waals surface area contributed by atoms with E-state index in [0.29, 0.717) is 24.0 Å². The summed E-state index contributed by atoms with van der Waals surface area (Å²) in [7, 11) is 0. The first-order chi connectivity index (χ1) is 12.9. The number of thiol groups is 1. The molecule has 11 heteroatoms. The van der Waals surface area contributed by atoms with Crippen molar-refractivity contribution in [1.29, 1.82) is 0 Å². The van der Waals surface area contributed by atoms with Crippen LogP contribution >= 0.6 is 12.6 Å². The number of hydrogen-bond donors (Lipinski definition) is 5. The summed E-state index contributed by atoms with van der Waals surface area (Å²) >= 11 is 4.38. The maximum atomic E-state index is 11.7. The van der Waals surface area contributed by atoms with E-state index < -0.39 is 35.6 Å². The third-order valence-corrected chi connectivity index (χ3v) is 5.27. The van der Waals surface area contributed by atoms with Crippen molar-refractivity contribution in [3.63, 3.8) is 0 Å². The first-order valence-corrected chi connectivity index (χ1v) is 9.25. The van der Waals surface area contributed by atoms with Crippen molar-refractivity contribution in [1.82, 2.24) is 19.5 Å². The molecule has 10 nitrogen and oxygen atoms in total. The van der Waals surface area contributed by atoms with Gasteiger partial charge in [-0.05, 0) is 6.42 Å². The number of carboxylic acids is 1. The van der Waals surface area contributed by atoms with Gasteiger partial charge in [0.2, 0.25) is 0 Å². The molecule has 0 aromatic carbocycles. The molecule has 1 saturated heterocycles. The van der Waals surface area contributed by atoms with Crippen LogP contribution in [0.15, 0.2) is 6.33 Å². The average Bonchev–Trinajstić information content (AvgIpc) is 3.17. The number of anilines is 1. The van der Waals surface area contributed by atoms with E-state index in [9.17, 15) is 20.1 Å². The SMILES string of the molecule is CCCCC(C(=O)O)c1nc(N)c2ncn([C@@H]3O[C@H](CO)[C@@H](O)[C@H]3S)c2n1. The minimum absolute atomic E-state index is 0.0736. The van der Waals surface area contributed by atoms with Crippen molar-refractivity contribution in [2.24, 2.45) is 0 Å². The number of nitrogen functional groups attached to an aromatic ring is 1. The van der Waals surface area contributed by atoms with Gasteiger partial charge in [0.25, 0.3) is 0 Å². The molecule has 0 aliphatic carbocycles. The largest absolute Gasteiger partial charge is 0.481 e. The Morgan fingerprint density at radius 2 is 2.22 bits per heavy atom. The van der Waals surface area contributed by atoms with Gasteiger partial charge >= 0.3 is 5.97 Å². The number of imidazole rings is 1. The first-order valence-electron chi connectivity index (χ1n) is 8.74. The van der Waals surface area contributed by atoms with Crippen LogP contribution in [0.2, 0.25) is 0 Å². The van der Waals surface area contributed by atoms with Gasteiger partial charge in [-0.1, -0.05) is 19.8 Å². The van der Waals surface area contributed by atoms with Crippen LogP contribution in [0.3, 0.4) is 0 Å². The lowest BCUT2D eigenvalue weighted by molar-refractivity contribution is -0.139. The van der Waals surface area contributed by atoms with Crippen LogP contribution in [0.5, 0.6) is 0 Å². The van der Waals surface area contributed by atoms with Gasteiger partial charge in [0.05, 0.1) is 24.3 Å². The zero-order valence-corrected chi connectivity index (χ0v) is 15.7. The molecule has 0 spiro atoms. The molecule has 27 heavy (non-hydrogen) atoms. The molecule has 2 aromatic heterocycles. The smallest absolute Gasteiger partial charge is 0.314 e. The lowest BCUT2D eigenvalue weighted by Crippen LogP contribution is -2.30. The molecule has 0 amide bonds. The van der Waals surface area contributed by atoms with Gasteiger partial charge in [0, 0.05) is 0 Å². The number of nitrogens with two attached hydrogens (primary N) is 1. The number of aliphatic hydroxyl groups excluding tert-OH is 2. The molecule has 2 aromatic rings. The van der Waals surface area contributed by atoms with E-state index in [1.165, 1.54) is 10.9 Å². The fourth-order valence-corrected chi connectivity index (χ4v) is 3.58. The molecule has 0 radical (unpaired) electrons. The van der Waals surface area contributed by atoms with E-state index in [4.69, 9.17) is 10.5 Å². The standard InChI is InChI=1S/C16H23N5O5S/c1-2-3-4-7(16(24)25)13-19-12(17)9-14(20-13)21(6-18-9)15-11(27)10(23)8(5-22)26-15/h6-8,10-11,15,22-23,27H,2-5H2,1H3,(H,24,25)(H2,17,19,20)/t7?,8-,10-,11-,15-/m1/s1. The van der Waals surface area contributed by atoms with E-state index in [2.05, 4.69) is 27.6 Å². The molecule has 5 atom stereocenters. The predicted molar refractivity (Wildman–Crippen MR) is 99.4 cm³/mol. The highest BCUT2D eigenvalue weighted by atomic mass is 32.1. The zero-order chi connectivity index (χ0) is 19.7. The summed E-state index contributed by atoms with van der Waals surface area (Å²) in [5.41, 5.74) is 6.59. The fraction of sp³-hybridized carbons (Fsp3) is 0.625. The number of aliphatic carboxylic acids is 1. The van der Waals surface area contributed by atoms with Crippen LogP contribution in [0, 0.1) is 0 Å². The van der Waals surface area contributed by atoms with Crippen molar-refractivity contribution in [2.75, 3.05) is 12.3 Å². The molecular formula is C16H23N5O5S. The van der Waals surface area contributed by atoms with Crippen LogP contribution < -0.4 is 5.73 Å². The number of carboxylic acid groups (broad SMARTS) is 1. The molecule has 1 unspecified atom stereocenters. The monoisotopic (exact) mass is 397 g/mol. The maximum Gasteiger partial charge on any atom is 0.314 e. The molecule has 1 aliphatic rings. The van der Waals surface area contributed by atoms with E-state index in [0.717, 1.165) is 6.42 Å². The number of unbranched alkanes of at least 4 members (excludes halogenated alkanes) is 1. The zero-order valence-electron chi connectivity index (χ0n) is 14.8. The molecule has 1 fully saturated rings. The lowest BCUT2D eigenvalue weighted by Gasteiger charge is -2.17. The summed E-state index contributed by atoms with van der Waals surface area (Å²) in [6.07, 6.45) is 0.878. The van der Waals surface area contributed by atoms with Crippen molar-refractivity contribution in [2.45, 2.75) is 55.8 Å². The fourth-order valence-electron chi connectivity index (χ4n) is 3.18. The van der Waals surface area contributed by atoms with Gasteiger partial charge in [-0.25, -0.2) is 15.0 Å². The first kappa shape index (κ1) is 19.8. The van der Waals surface area contributed by atoms with Crippen LogP contribution in [0.1, 0.15) is 44.2 Å². The summed E-state index contributed by atoms with van der Waals surface area (Å²) in [5, 5.41) is 28.4. The number of hydrogen-bond acceptors (Lipinski definition) is 9. The van der Waals surface area contributed by atoms with Gasteiger partial charge in [-0.3, -0.25) is 9.36 Å². The second-order valence-corrected chi connectivity index (χ2v) is 7.15. The molecule has 3 heterocycles. The highest BCUT2D eigenvalue weighted by Crippen LogP contribution is 2.35. The Morgan fingerprint density at radius 3 is 2.81 bits per heavy atom. The number of ether oxygens (including phenoxy) is 1. The van der Waals surface area contributed by atoms with Crippen LogP contribution in [-0.2, 0) is 9.53 Å². The van der Waals surface area contributed by atoms with E-state index >= 15 is 0 Å². The number of aromatic nitrogens is 4. The van der Waals surface area contributed by atoms with Crippen molar-refractivity contribution < 1.29 is 24.9 Å². The third-order valence-electron chi connectivity index (χ3n) is 4.71. The van der Waals surface area contributed by atoms with E-state index in [1.807, 2.05) is 6.92 Å². The Hall–Kier alpha value is -1.95. The Labute approximate surface area is 160 Å². The maximum absolute atomic E-state index is 11.7. The molecule has 0 bridgehead atoms. The van der Waals surface area contributed by atoms with E-state index in [-0.39, 0.29) is 18.2 Å². The Bertz CT molecular complexity index is 831. The summed E-state index contributed by atoms with van der Waals surface area (Å²) in [4.78, 5) is 24.4. The Balaban J connectivity index is 2.04. The van der Waals surface area contributed by atoms with Gasteiger partial charge in [-0.15, -0.1) is 0 Å². The van der Waals surface area contributed by atoms with Crippen LogP contribution in [0.4, 0.5) is 5.82 Å². The van der Waals surface area contributed by atoms with Crippen LogP contribution in [-0.4, -0.2) is 64.9 Å². The number of aliphatic hydroxyl groups is 2. The second kappa shape index (κ2) is 7.97. The van der Waals surface area contributed by atoms with Gasteiger partial charge in [0.1, 0.15) is 23.4 Å². The van der Waals surface area contributed by atoms with Gasteiger partial charge in [-0.2, -0.15) is 12.6 Å². The van der Waals surface area contributed by atoms with Crippen LogP contribution in [0.25, 0.3) is 11.2 Å². The molecular weight excluding hydrogens is 374 g/mol. The van der Waals surface area contributed by atoms with Crippen molar-refractivity contribution in [3.8, 4) is 0 Å². The highest BCUT2D eigenvalue weighted by molar-refractivity contribution is 7.81. The highest BCUT2D eigenvalue weighted by Gasteiger charge is 2.43. The lowest BCUT2D eigenvalue weighted by atomic mass is 10.0. The Morgan fingerprint density at radius 1 is 1.48 bits per heavy atom. The molecule has 3 rings (SSSR count). The molecule has 148 valence electrons. The number of nitrogens with zero attached hydrogens (tertiary/aromatic N) is 4. The van der Waals surface area contributed by atoms with E-state index in [1.54, 1.807) is 0 Å². The minimum atomic E-state index is -1.02. The average molecular weight is 397 g/mol. The number of carbonyl (C=O) groups is 1. The quantitative estimate of drug-likeness (QED) is 0.415. The normalized spacial score (nSPS) is 26.5. The molecule has 5 N–H and O–H groups in total. The summed E-state index contributed by atoms with van der Waals surface area (Å²) in [5.74, 6) is -1.72. The Kier molecular flexibility index (Phi) is 5.84. The molecule has 1 aliphatic heterocycles. The third kappa shape index (κ3) is 3.59.